The van der Waals surface area contributed by atoms with E-state index >= 15 is 0 Å². The Hall–Kier alpha value is -3.36. The summed E-state index contributed by atoms with van der Waals surface area (Å²) in [7, 11) is 0. The number of fused-ring (bicyclic) bond motifs is 2. The van der Waals surface area contributed by atoms with Crippen molar-refractivity contribution in [3.05, 3.63) is 36.4 Å². The van der Waals surface area contributed by atoms with Gasteiger partial charge in [0.25, 0.3) is 0 Å². The molecule has 5 rings (SSSR count). The molecule has 0 radical (unpaired) electrons. The van der Waals surface area contributed by atoms with Crippen molar-refractivity contribution < 1.29 is 29.6 Å². The van der Waals surface area contributed by atoms with Crippen molar-refractivity contribution in [2.45, 2.75) is 51.4 Å². The van der Waals surface area contributed by atoms with E-state index in [0.717, 1.165) is 39.3 Å². The second kappa shape index (κ2) is 12.0. The zero-order valence-corrected chi connectivity index (χ0v) is 22.1. The van der Waals surface area contributed by atoms with E-state index in [1.165, 1.54) is 48.3 Å². The number of benzene rings is 3. The summed E-state index contributed by atoms with van der Waals surface area (Å²) in [5.41, 5.74) is 1.18. The average Bonchev–Trinajstić information content (AvgIpc) is 2.95. The third-order valence-electron chi connectivity index (χ3n) is 8.16. The van der Waals surface area contributed by atoms with E-state index < -0.39 is 0 Å². The number of amides is 2. The van der Waals surface area contributed by atoms with Crippen LogP contribution in [0.25, 0.3) is 21.5 Å². The summed E-state index contributed by atoms with van der Waals surface area (Å²) >= 11 is 0. The van der Waals surface area contributed by atoms with Gasteiger partial charge in [0, 0.05) is 32.9 Å². The summed E-state index contributed by atoms with van der Waals surface area (Å²) in [4.78, 5) is 28.1. The van der Waals surface area contributed by atoms with Crippen LogP contribution in [-0.2, 0) is 9.59 Å². The van der Waals surface area contributed by atoms with Gasteiger partial charge in [-0.3, -0.25) is 9.59 Å². The number of hydrogen-bond donors (Lipinski definition) is 6. The maximum Gasteiger partial charge on any atom is 0.230 e. The minimum absolute atomic E-state index is 0.0354. The second-order valence-electron chi connectivity index (χ2n) is 10.9. The van der Waals surface area contributed by atoms with Gasteiger partial charge >= 0.3 is 0 Å². The number of anilines is 2. The lowest BCUT2D eigenvalue weighted by atomic mass is 9.99. The monoisotopic (exact) mass is 520 g/mol. The van der Waals surface area contributed by atoms with E-state index in [0.29, 0.717) is 45.8 Å². The highest BCUT2D eigenvalue weighted by atomic mass is 16.3. The molecule has 0 bridgehead atoms. The fourth-order valence-electron chi connectivity index (χ4n) is 5.97. The summed E-state index contributed by atoms with van der Waals surface area (Å²) in [6.07, 6.45) is 8.39. The standard InChI is InChI=1S/C30H38N4O4/c35-27(11-17-33-13-3-1-4-14-33)31-21-7-9-23-25(19-21)29(37)24-10-8-22(20-26(24)30(23)38)32-28(36)12-18-34-15-5-2-6-16-34/h7-10,19-20,37-38H,1-6,11-18H2,(H,31,35)(H,32,36)/p+2. The van der Waals surface area contributed by atoms with Gasteiger partial charge < -0.3 is 30.6 Å². The molecule has 2 heterocycles. The summed E-state index contributed by atoms with van der Waals surface area (Å²) in [5.74, 6) is -0.0233. The molecule has 202 valence electrons. The number of carbonyl (C=O) groups excluding carboxylic acids is 2. The number of hydrogen-bond acceptors (Lipinski definition) is 4. The van der Waals surface area contributed by atoms with Crippen molar-refractivity contribution in [3.8, 4) is 11.5 Å². The molecule has 0 saturated carbocycles. The van der Waals surface area contributed by atoms with E-state index in [-0.39, 0.29) is 23.3 Å². The van der Waals surface area contributed by atoms with Gasteiger partial charge in [-0.25, -0.2) is 0 Å². The largest absolute Gasteiger partial charge is 0.507 e. The third-order valence-corrected chi connectivity index (χ3v) is 8.16. The van der Waals surface area contributed by atoms with Crippen LogP contribution >= 0.6 is 0 Å². The maximum atomic E-state index is 12.5. The van der Waals surface area contributed by atoms with Crippen LogP contribution in [0.1, 0.15) is 51.4 Å². The van der Waals surface area contributed by atoms with Gasteiger partial charge in [0.1, 0.15) is 11.5 Å². The summed E-state index contributed by atoms with van der Waals surface area (Å²) in [6, 6.07) is 10.3. The van der Waals surface area contributed by atoms with Crippen molar-refractivity contribution in [1.29, 1.82) is 0 Å². The molecule has 8 nitrogen and oxygen atoms in total. The van der Waals surface area contributed by atoms with E-state index in [4.69, 9.17) is 0 Å². The number of phenolic OH excluding ortho intramolecular Hbond substituents is 2. The molecular formula is C30H40N4O4+2. The lowest BCUT2D eigenvalue weighted by Gasteiger charge is -2.23. The van der Waals surface area contributed by atoms with Crippen molar-refractivity contribution in [2.24, 2.45) is 0 Å². The Bertz CT molecular complexity index is 1210. The Morgan fingerprint density at radius 2 is 1.00 bits per heavy atom. The number of quaternary nitrogens is 2. The Morgan fingerprint density at radius 3 is 1.39 bits per heavy atom. The molecule has 0 unspecified atom stereocenters. The molecule has 38 heavy (non-hydrogen) atoms. The Kier molecular flexibility index (Phi) is 8.29. The topological polar surface area (TPSA) is 108 Å². The number of nitrogens with one attached hydrogen (secondary N) is 4. The molecule has 8 heteroatoms. The highest BCUT2D eigenvalue weighted by Crippen LogP contribution is 2.43. The van der Waals surface area contributed by atoms with Crippen molar-refractivity contribution in [2.75, 3.05) is 49.9 Å². The van der Waals surface area contributed by atoms with Crippen molar-refractivity contribution in [3.63, 3.8) is 0 Å². The Labute approximate surface area is 223 Å². The minimum Gasteiger partial charge on any atom is -0.507 e. The normalized spacial score (nSPS) is 17.1. The first-order chi connectivity index (χ1) is 18.5. The molecular weight excluding hydrogens is 480 g/mol. The lowest BCUT2D eigenvalue weighted by Crippen LogP contribution is -3.12. The Balaban J connectivity index is 1.27. The smallest absolute Gasteiger partial charge is 0.230 e. The molecule has 2 fully saturated rings. The third kappa shape index (κ3) is 6.19. The molecule has 0 aliphatic carbocycles. The number of carbonyl (C=O) groups is 2. The first-order valence-corrected chi connectivity index (χ1v) is 14.2. The SMILES string of the molecule is O=C(CC[NH+]1CCCCC1)Nc1ccc2c(O)c3cc(NC(=O)CC[NH+]4CCCCC4)ccc3c(O)c2c1. The van der Waals surface area contributed by atoms with Crippen LogP contribution in [0.15, 0.2) is 36.4 Å². The fraction of sp³-hybridized carbons (Fsp3) is 0.467. The van der Waals surface area contributed by atoms with Gasteiger partial charge in [-0.1, -0.05) is 0 Å². The maximum absolute atomic E-state index is 12.5. The van der Waals surface area contributed by atoms with Gasteiger partial charge in [0.15, 0.2) is 0 Å². The zero-order chi connectivity index (χ0) is 26.5. The van der Waals surface area contributed by atoms with Gasteiger partial charge in [-0.2, -0.15) is 0 Å². The lowest BCUT2D eigenvalue weighted by molar-refractivity contribution is -0.904. The van der Waals surface area contributed by atoms with Crippen LogP contribution in [0, 0.1) is 0 Å². The summed E-state index contributed by atoms with van der Waals surface area (Å²) < 4.78 is 0. The predicted octanol–water partition coefficient (Wildman–Crippen LogP) is 2.20. The van der Waals surface area contributed by atoms with E-state index in [2.05, 4.69) is 10.6 Å². The van der Waals surface area contributed by atoms with Crippen LogP contribution in [0.5, 0.6) is 11.5 Å². The molecule has 2 aliphatic heterocycles. The van der Waals surface area contributed by atoms with Gasteiger partial charge in [-0.05, 0) is 74.9 Å². The van der Waals surface area contributed by atoms with Crippen LogP contribution in [0.2, 0.25) is 0 Å². The first kappa shape index (κ1) is 26.3. The number of likely N-dealkylation sites (tertiary alicyclic amines) is 2. The van der Waals surface area contributed by atoms with Crippen LogP contribution in [-0.4, -0.2) is 61.3 Å². The molecule has 0 aromatic heterocycles. The summed E-state index contributed by atoms with van der Waals surface area (Å²) in [5, 5.41) is 29.9. The van der Waals surface area contributed by atoms with Crippen LogP contribution < -0.4 is 20.4 Å². The van der Waals surface area contributed by atoms with E-state index in [1.807, 2.05) is 0 Å². The zero-order valence-electron chi connectivity index (χ0n) is 22.1. The highest BCUT2D eigenvalue weighted by molar-refractivity contribution is 6.12. The summed E-state index contributed by atoms with van der Waals surface area (Å²) in [6.45, 7) is 6.19. The minimum atomic E-state index is -0.0470. The molecule has 2 amide bonds. The molecule has 0 atom stereocenters. The van der Waals surface area contributed by atoms with E-state index in [9.17, 15) is 19.8 Å². The van der Waals surface area contributed by atoms with E-state index in [1.54, 1.807) is 36.4 Å². The van der Waals surface area contributed by atoms with Crippen molar-refractivity contribution >= 4 is 44.7 Å². The number of rotatable bonds is 8. The molecule has 0 spiro atoms. The fourth-order valence-corrected chi connectivity index (χ4v) is 5.97. The average molecular weight is 521 g/mol. The molecule has 2 saturated heterocycles. The number of aromatic hydroxyl groups is 2. The molecule has 6 N–H and O–H groups in total. The molecule has 3 aromatic carbocycles. The predicted molar refractivity (Wildman–Crippen MR) is 150 cm³/mol. The van der Waals surface area contributed by atoms with Gasteiger partial charge in [0.2, 0.25) is 11.8 Å². The molecule has 2 aliphatic rings. The van der Waals surface area contributed by atoms with Gasteiger partial charge in [0.05, 0.1) is 52.1 Å². The second-order valence-corrected chi connectivity index (χ2v) is 10.9. The van der Waals surface area contributed by atoms with Crippen molar-refractivity contribution in [1.82, 2.24) is 0 Å². The molecule has 3 aromatic rings. The Morgan fingerprint density at radius 1 is 0.605 bits per heavy atom. The van der Waals surface area contributed by atoms with Crippen LogP contribution in [0.4, 0.5) is 11.4 Å². The van der Waals surface area contributed by atoms with Crippen LogP contribution in [0.3, 0.4) is 0 Å². The first-order valence-electron chi connectivity index (χ1n) is 14.2. The highest BCUT2D eigenvalue weighted by Gasteiger charge is 2.18. The quantitative estimate of drug-likeness (QED) is 0.202. The number of piperidine rings is 2. The van der Waals surface area contributed by atoms with Gasteiger partial charge in [-0.15, -0.1) is 0 Å². The number of phenols is 2.